The maximum Gasteiger partial charge on any atom is 0.219 e. The highest BCUT2D eigenvalue weighted by molar-refractivity contribution is 5.13. The molecule has 0 aliphatic heterocycles. The van der Waals surface area contributed by atoms with Gasteiger partial charge in [-0.1, -0.05) is 27.2 Å². The zero-order valence-corrected chi connectivity index (χ0v) is 21.6. The smallest absolute Gasteiger partial charge is 0.219 e. The summed E-state index contributed by atoms with van der Waals surface area (Å²) >= 11 is 0. The second kappa shape index (κ2) is 8.57. The zero-order valence-electron chi connectivity index (χ0n) is 21.6. The summed E-state index contributed by atoms with van der Waals surface area (Å²) in [7, 11) is 0. The zero-order chi connectivity index (χ0) is 23.7. The Hall–Kier alpha value is -0.940. The van der Waals surface area contributed by atoms with Crippen LogP contribution in [0.2, 0.25) is 0 Å². The predicted octanol–water partition coefficient (Wildman–Crippen LogP) is 5.90. The van der Waals surface area contributed by atoms with Crippen LogP contribution in [0.1, 0.15) is 116 Å². The molecule has 0 amide bonds. The second-order valence-electron chi connectivity index (χ2n) is 13.4. The molecule has 5 heteroatoms. The molecule has 190 valence electrons. The third kappa shape index (κ3) is 3.62. The van der Waals surface area contributed by atoms with Crippen LogP contribution in [0.25, 0.3) is 0 Å². The SMILES string of the molecule is CC[C@H]1[C@@H](O)[C@@H]2[C@H](CC[C@]3(C)[C@@H](CCCc4nnc(C5CC5)o4)CC[C@@H]23)[C@@]2(C)CC[C@@H](O)C[C@@H]12. The summed E-state index contributed by atoms with van der Waals surface area (Å²) < 4.78 is 5.91. The molecule has 0 unspecified atom stereocenters. The van der Waals surface area contributed by atoms with Gasteiger partial charge in [0.25, 0.3) is 0 Å². The lowest BCUT2D eigenvalue weighted by atomic mass is 9.41. The molecule has 1 aromatic rings. The van der Waals surface area contributed by atoms with Crippen molar-refractivity contribution in [3.8, 4) is 0 Å². The van der Waals surface area contributed by atoms with E-state index in [1.54, 1.807) is 0 Å². The van der Waals surface area contributed by atoms with Crippen molar-refractivity contribution in [2.24, 2.45) is 46.3 Å². The van der Waals surface area contributed by atoms with Crippen molar-refractivity contribution < 1.29 is 14.6 Å². The third-order valence-corrected chi connectivity index (χ3v) is 11.9. The molecule has 34 heavy (non-hydrogen) atoms. The van der Waals surface area contributed by atoms with Crippen LogP contribution in [0.5, 0.6) is 0 Å². The molecule has 5 saturated carbocycles. The minimum Gasteiger partial charge on any atom is -0.425 e. The van der Waals surface area contributed by atoms with Crippen LogP contribution < -0.4 is 0 Å². The quantitative estimate of drug-likeness (QED) is 0.541. The molecule has 1 aromatic heterocycles. The van der Waals surface area contributed by atoms with Crippen molar-refractivity contribution >= 4 is 0 Å². The van der Waals surface area contributed by atoms with Gasteiger partial charge in [0.05, 0.1) is 12.2 Å². The molecule has 0 aromatic carbocycles. The Balaban J connectivity index is 1.16. The van der Waals surface area contributed by atoms with Crippen LogP contribution in [0, 0.1) is 46.3 Å². The molecule has 5 nitrogen and oxygen atoms in total. The first-order valence-corrected chi connectivity index (χ1v) is 14.5. The molecule has 5 fully saturated rings. The number of nitrogens with zero attached hydrogens (tertiary/aromatic N) is 2. The first-order chi connectivity index (χ1) is 16.3. The molecule has 0 radical (unpaired) electrons. The van der Waals surface area contributed by atoms with Crippen molar-refractivity contribution in [3.63, 3.8) is 0 Å². The van der Waals surface area contributed by atoms with Gasteiger partial charge in [-0.15, -0.1) is 10.2 Å². The van der Waals surface area contributed by atoms with E-state index >= 15 is 0 Å². The van der Waals surface area contributed by atoms with Crippen LogP contribution in [0.4, 0.5) is 0 Å². The molecule has 0 spiro atoms. The highest BCUT2D eigenvalue weighted by Crippen LogP contribution is 2.69. The van der Waals surface area contributed by atoms with Gasteiger partial charge in [-0.3, -0.25) is 0 Å². The van der Waals surface area contributed by atoms with Gasteiger partial charge in [0, 0.05) is 12.3 Å². The van der Waals surface area contributed by atoms with E-state index in [1.807, 2.05) is 0 Å². The first-order valence-electron chi connectivity index (χ1n) is 14.5. The van der Waals surface area contributed by atoms with Gasteiger partial charge >= 0.3 is 0 Å². The molecular formula is C29H46N2O3. The van der Waals surface area contributed by atoms with Crippen LogP contribution >= 0.6 is 0 Å². The van der Waals surface area contributed by atoms with Crippen LogP contribution in [0.3, 0.4) is 0 Å². The van der Waals surface area contributed by atoms with Crippen molar-refractivity contribution in [2.45, 2.75) is 122 Å². The van der Waals surface area contributed by atoms with Gasteiger partial charge in [-0.25, -0.2) is 0 Å². The third-order valence-electron chi connectivity index (χ3n) is 11.9. The maximum absolute atomic E-state index is 11.8. The van der Waals surface area contributed by atoms with E-state index in [4.69, 9.17) is 4.42 Å². The fourth-order valence-corrected chi connectivity index (χ4v) is 9.90. The van der Waals surface area contributed by atoms with E-state index < -0.39 is 0 Å². The summed E-state index contributed by atoms with van der Waals surface area (Å²) in [6.45, 7) is 7.36. The molecule has 5 aliphatic carbocycles. The number of hydrogen-bond acceptors (Lipinski definition) is 5. The fraction of sp³-hybridized carbons (Fsp3) is 0.931. The molecule has 5 aliphatic rings. The molecule has 6 rings (SSSR count). The Morgan fingerprint density at radius 3 is 2.44 bits per heavy atom. The Labute approximate surface area is 205 Å². The topological polar surface area (TPSA) is 79.4 Å². The highest BCUT2D eigenvalue weighted by Gasteiger charge is 2.64. The van der Waals surface area contributed by atoms with E-state index in [2.05, 4.69) is 31.0 Å². The van der Waals surface area contributed by atoms with Gasteiger partial charge in [-0.05, 0) is 117 Å². The molecule has 10 atom stereocenters. The summed E-state index contributed by atoms with van der Waals surface area (Å²) in [5, 5.41) is 30.9. The maximum atomic E-state index is 11.8. The number of hydrogen-bond donors (Lipinski definition) is 2. The minimum absolute atomic E-state index is 0.167. The number of aliphatic hydroxyl groups is 2. The van der Waals surface area contributed by atoms with Gasteiger partial charge in [0.1, 0.15) is 0 Å². The second-order valence-corrected chi connectivity index (χ2v) is 13.4. The normalized spacial score (nSPS) is 48.3. The number of fused-ring (bicyclic) bond motifs is 5. The first kappa shape index (κ1) is 23.5. The Kier molecular flexibility index (Phi) is 5.92. The summed E-state index contributed by atoms with van der Waals surface area (Å²) in [5.74, 6) is 5.52. The summed E-state index contributed by atoms with van der Waals surface area (Å²) in [4.78, 5) is 0. The van der Waals surface area contributed by atoms with Crippen LogP contribution in [-0.4, -0.2) is 32.6 Å². The van der Waals surface area contributed by atoms with Gasteiger partial charge < -0.3 is 14.6 Å². The van der Waals surface area contributed by atoms with Crippen LogP contribution in [0.15, 0.2) is 4.42 Å². The van der Waals surface area contributed by atoms with E-state index in [9.17, 15) is 10.2 Å². The largest absolute Gasteiger partial charge is 0.425 e. The van der Waals surface area contributed by atoms with E-state index in [0.29, 0.717) is 46.3 Å². The number of aryl methyl sites for hydroxylation is 1. The van der Waals surface area contributed by atoms with Crippen molar-refractivity contribution in [3.05, 3.63) is 11.8 Å². The van der Waals surface area contributed by atoms with E-state index in [1.165, 1.54) is 44.9 Å². The predicted molar refractivity (Wildman–Crippen MR) is 131 cm³/mol. The van der Waals surface area contributed by atoms with Crippen molar-refractivity contribution in [1.82, 2.24) is 10.2 Å². The Morgan fingerprint density at radius 2 is 1.68 bits per heavy atom. The molecular weight excluding hydrogens is 424 g/mol. The van der Waals surface area contributed by atoms with Crippen LogP contribution in [-0.2, 0) is 6.42 Å². The molecule has 0 saturated heterocycles. The van der Waals surface area contributed by atoms with Gasteiger partial charge in [0.15, 0.2) is 0 Å². The van der Waals surface area contributed by atoms with Gasteiger partial charge in [0.2, 0.25) is 11.8 Å². The summed E-state index contributed by atoms with van der Waals surface area (Å²) in [6.07, 6.45) is 14.5. The Bertz CT molecular complexity index is 882. The average Bonchev–Trinajstić information content (AvgIpc) is 3.47. The van der Waals surface area contributed by atoms with Crippen molar-refractivity contribution in [1.29, 1.82) is 0 Å². The lowest BCUT2D eigenvalue weighted by Gasteiger charge is -2.64. The summed E-state index contributed by atoms with van der Waals surface area (Å²) in [5.41, 5.74) is 0.645. The molecule has 1 heterocycles. The van der Waals surface area contributed by atoms with Gasteiger partial charge in [-0.2, -0.15) is 0 Å². The van der Waals surface area contributed by atoms with E-state index in [0.717, 1.165) is 56.2 Å². The van der Waals surface area contributed by atoms with E-state index in [-0.39, 0.29) is 12.2 Å². The summed E-state index contributed by atoms with van der Waals surface area (Å²) in [6, 6.07) is 0. The average molecular weight is 471 g/mol. The molecule has 0 bridgehead atoms. The minimum atomic E-state index is -0.194. The monoisotopic (exact) mass is 470 g/mol. The molecule has 2 N–H and O–H groups in total. The van der Waals surface area contributed by atoms with Crippen molar-refractivity contribution in [2.75, 3.05) is 0 Å². The Morgan fingerprint density at radius 1 is 0.912 bits per heavy atom. The highest BCUT2D eigenvalue weighted by atomic mass is 16.4. The lowest BCUT2D eigenvalue weighted by molar-refractivity contribution is -0.202. The number of aromatic nitrogens is 2. The standard InChI is InChI=1S/C29H46N2O3/c1-4-20-23-16-19(32)12-14-29(23,3)22-13-15-28(2)18(10-11-21(28)25(22)26(20)33)6-5-7-24-30-31-27(34-24)17-8-9-17/h17-23,25-26,32-33H,4-16H2,1-3H3/t18-,19+,20+,21-,22-,23-,25-,26+,28+,29+/m0/s1. The number of rotatable bonds is 6. The number of aliphatic hydroxyl groups excluding tert-OH is 2. The lowest BCUT2D eigenvalue weighted by Crippen LogP contribution is -2.62. The fourth-order valence-electron chi connectivity index (χ4n) is 9.90.